The number of carbonyl (C=O) groups excluding carboxylic acids is 1. The van der Waals surface area contributed by atoms with Crippen LogP contribution < -0.4 is 4.80 Å². The maximum Gasteiger partial charge on any atom is 0.279 e. The molecular weight excluding hydrogens is 360 g/mol. The second-order valence-electron chi connectivity index (χ2n) is 6.64. The summed E-state index contributed by atoms with van der Waals surface area (Å²) in [5.41, 5.74) is 4.30. The number of hydrogen-bond acceptors (Lipinski definition) is 3. The van der Waals surface area contributed by atoms with Crippen molar-refractivity contribution in [3.05, 3.63) is 57.9 Å². The molecule has 3 aromatic rings. The van der Waals surface area contributed by atoms with Gasteiger partial charge in [0.1, 0.15) is 0 Å². The predicted molar refractivity (Wildman–Crippen MR) is 112 cm³/mol. The van der Waals surface area contributed by atoms with Crippen LogP contribution in [-0.4, -0.2) is 15.7 Å². The number of rotatable bonds is 4. The van der Waals surface area contributed by atoms with Crippen molar-refractivity contribution in [2.45, 2.75) is 51.3 Å². The van der Waals surface area contributed by atoms with Crippen molar-refractivity contribution in [2.75, 3.05) is 0 Å². The van der Waals surface area contributed by atoms with Gasteiger partial charge in [0.2, 0.25) is 0 Å². The third-order valence-electron chi connectivity index (χ3n) is 4.28. The van der Waals surface area contributed by atoms with E-state index in [4.69, 9.17) is 0 Å². The maximum absolute atomic E-state index is 12.6. The Morgan fingerprint density at radius 2 is 1.81 bits per heavy atom. The number of hydrogen-bond donors (Lipinski definition) is 0. The lowest BCUT2D eigenvalue weighted by atomic mass is 10.1. The average molecular weight is 385 g/mol. The number of aromatic nitrogens is 1. The largest absolute Gasteiger partial charge is 0.317 e. The summed E-state index contributed by atoms with van der Waals surface area (Å²) >= 11 is 3.37. The minimum absolute atomic E-state index is 0.187. The van der Waals surface area contributed by atoms with Gasteiger partial charge >= 0.3 is 0 Å². The van der Waals surface area contributed by atoms with Gasteiger partial charge in [-0.1, -0.05) is 25.2 Å². The molecule has 0 atom stereocenters. The Kier molecular flexibility index (Phi) is 5.68. The number of amides is 1. The van der Waals surface area contributed by atoms with Crippen LogP contribution in [0.25, 0.3) is 10.2 Å². The van der Waals surface area contributed by atoms with Crippen LogP contribution in [0.15, 0.2) is 46.3 Å². The lowest BCUT2D eigenvalue weighted by Crippen LogP contribution is -2.15. The molecule has 0 saturated heterocycles. The number of thiazole rings is 1. The molecule has 0 N–H and O–H groups in total. The van der Waals surface area contributed by atoms with Crippen LogP contribution in [0.3, 0.4) is 0 Å². The van der Waals surface area contributed by atoms with E-state index in [1.54, 1.807) is 23.1 Å². The monoisotopic (exact) mass is 384 g/mol. The highest BCUT2D eigenvalue weighted by atomic mass is 32.2. The highest BCUT2D eigenvalue weighted by molar-refractivity contribution is 7.99. The fourth-order valence-corrected chi connectivity index (χ4v) is 4.82. The van der Waals surface area contributed by atoms with Crippen molar-refractivity contribution >= 4 is 39.2 Å². The molecular formula is C21H24N2OS2. The number of thioether (sulfide) groups is 1. The quantitative estimate of drug-likeness (QED) is 0.550. The summed E-state index contributed by atoms with van der Waals surface area (Å²) in [7, 11) is 0. The second-order valence-corrected chi connectivity index (χ2v) is 9.30. The van der Waals surface area contributed by atoms with Crippen LogP contribution >= 0.6 is 23.1 Å². The van der Waals surface area contributed by atoms with Gasteiger partial charge in [0.25, 0.3) is 5.91 Å². The minimum atomic E-state index is -0.187. The molecule has 0 radical (unpaired) electrons. The lowest BCUT2D eigenvalue weighted by molar-refractivity contribution is 0.0998. The van der Waals surface area contributed by atoms with Gasteiger partial charge in [-0.2, -0.15) is 4.99 Å². The van der Waals surface area contributed by atoms with Gasteiger partial charge in [-0.25, -0.2) is 0 Å². The Morgan fingerprint density at radius 1 is 1.15 bits per heavy atom. The van der Waals surface area contributed by atoms with Crippen molar-refractivity contribution in [1.82, 2.24) is 4.57 Å². The van der Waals surface area contributed by atoms with E-state index in [0.717, 1.165) is 16.9 Å². The van der Waals surface area contributed by atoms with Crippen molar-refractivity contribution < 1.29 is 4.79 Å². The summed E-state index contributed by atoms with van der Waals surface area (Å²) in [5, 5.41) is 0.523. The van der Waals surface area contributed by atoms with Gasteiger partial charge in [-0.05, 0) is 68.3 Å². The van der Waals surface area contributed by atoms with Crippen molar-refractivity contribution in [3.8, 4) is 0 Å². The van der Waals surface area contributed by atoms with E-state index in [0.29, 0.717) is 10.8 Å². The summed E-state index contributed by atoms with van der Waals surface area (Å²) in [6.45, 7) is 11.4. The standard InChI is InChI=1S/C21H24N2OS2/c1-6-23-18-11-14(4)15(5)12-19(18)26-21(23)22-20(24)16-7-9-17(10-8-16)25-13(2)3/h7-13H,6H2,1-5H3. The Hall–Kier alpha value is -1.85. The summed E-state index contributed by atoms with van der Waals surface area (Å²) < 4.78 is 3.29. The molecule has 0 spiro atoms. The number of fused-ring (bicyclic) bond motifs is 1. The minimum Gasteiger partial charge on any atom is -0.317 e. The molecule has 0 aliphatic carbocycles. The van der Waals surface area contributed by atoms with Gasteiger partial charge in [0.05, 0.1) is 10.2 Å². The smallest absolute Gasteiger partial charge is 0.279 e. The van der Waals surface area contributed by atoms with Crippen molar-refractivity contribution in [3.63, 3.8) is 0 Å². The first kappa shape index (κ1) is 18.9. The Bertz CT molecular complexity index is 1010. The highest BCUT2D eigenvalue weighted by Crippen LogP contribution is 2.24. The SMILES string of the molecule is CCn1c(=NC(=O)c2ccc(SC(C)C)cc2)sc2cc(C)c(C)cc21. The first-order valence-corrected chi connectivity index (χ1v) is 10.5. The molecule has 0 unspecified atom stereocenters. The zero-order valence-electron chi connectivity index (χ0n) is 15.9. The van der Waals surface area contributed by atoms with E-state index in [2.05, 4.69) is 56.3 Å². The molecule has 0 aliphatic heterocycles. The Balaban J connectivity index is 2.00. The Morgan fingerprint density at radius 3 is 2.42 bits per heavy atom. The van der Waals surface area contributed by atoms with Crippen LogP contribution in [0.1, 0.15) is 42.3 Å². The third-order valence-corrected chi connectivity index (χ3v) is 6.34. The highest BCUT2D eigenvalue weighted by Gasteiger charge is 2.10. The molecule has 26 heavy (non-hydrogen) atoms. The molecule has 2 aromatic carbocycles. The molecule has 1 aromatic heterocycles. The second kappa shape index (κ2) is 7.80. The van der Waals surface area contributed by atoms with E-state index >= 15 is 0 Å². The zero-order valence-corrected chi connectivity index (χ0v) is 17.5. The van der Waals surface area contributed by atoms with Gasteiger partial charge < -0.3 is 4.57 Å². The fourth-order valence-electron chi connectivity index (χ4n) is 2.81. The van der Waals surface area contributed by atoms with Crippen LogP contribution in [0.2, 0.25) is 0 Å². The summed E-state index contributed by atoms with van der Waals surface area (Å²) in [4.78, 5) is 19.0. The molecule has 0 bridgehead atoms. The maximum atomic E-state index is 12.6. The molecule has 1 amide bonds. The topological polar surface area (TPSA) is 34.4 Å². The number of aryl methyl sites for hydroxylation is 3. The van der Waals surface area contributed by atoms with Gasteiger partial charge in [-0.3, -0.25) is 4.79 Å². The van der Waals surface area contributed by atoms with Gasteiger partial charge in [0.15, 0.2) is 4.80 Å². The normalized spacial score (nSPS) is 12.3. The van der Waals surface area contributed by atoms with E-state index in [9.17, 15) is 4.79 Å². The van der Waals surface area contributed by atoms with E-state index < -0.39 is 0 Å². The first-order chi connectivity index (χ1) is 12.4. The zero-order chi connectivity index (χ0) is 18.8. The number of carbonyl (C=O) groups is 1. The van der Waals surface area contributed by atoms with E-state index in [-0.39, 0.29) is 5.91 Å². The third kappa shape index (κ3) is 3.94. The first-order valence-electron chi connectivity index (χ1n) is 8.85. The number of benzene rings is 2. The molecule has 3 rings (SSSR count). The average Bonchev–Trinajstić information content (AvgIpc) is 2.91. The molecule has 0 saturated carbocycles. The van der Waals surface area contributed by atoms with E-state index in [1.165, 1.54) is 20.7 Å². The number of nitrogens with zero attached hydrogens (tertiary/aromatic N) is 2. The van der Waals surface area contributed by atoms with Crippen molar-refractivity contribution in [1.29, 1.82) is 0 Å². The summed E-state index contributed by atoms with van der Waals surface area (Å²) in [6, 6.07) is 12.1. The Labute approximate surface area is 162 Å². The fraction of sp³-hybridized carbons (Fsp3) is 0.333. The van der Waals surface area contributed by atoms with Gasteiger partial charge in [-0.15, -0.1) is 11.8 Å². The molecule has 136 valence electrons. The van der Waals surface area contributed by atoms with Gasteiger partial charge in [0, 0.05) is 22.3 Å². The predicted octanol–water partition coefficient (Wildman–Crippen LogP) is 5.58. The molecule has 0 aliphatic rings. The van der Waals surface area contributed by atoms with E-state index in [1.807, 2.05) is 24.3 Å². The summed E-state index contributed by atoms with van der Waals surface area (Å²) in [5.74, 6) is -0.187. The molecule has 0 fully saturated rings. The van der Waals surface area contributed by atoms with Crippen LogP contribution in [-0.2, 0) is 6.54 Å². The lowest BCUT2D eigenvalue weighted by Gasteiger charge is -2.05. The van der Waals surface area contributed by atoms with Crippen molar-refractivity contribution in [2.24, 2.45) is 4.99 Å². The van der Waals surface area contributed by atoms with Crippen LogP contribution in [0.5, 0.6) is 0 Å². The molecule has 5 heteroatoms. The van der Waals surface area contributed by atoms with Crippen LogP contribution in [0, 0.1) is 13.8 Å². The molecule has 1 heterocycles. The molecule has 3 nitrogen and oxygen atoms in total. The summed E-state index contributed by atoms with van der Waals surface area (Å²) in [6.07, 6.45) is 0. The van der Waals surface area contributed by atoms with Crippen LogP contribution in [0.4, 0.5) is 0 Å².